The van der Waals surface area contributed by atoms with E-state index in [1.54, 1.807) is 26.0 Å². The lowest BCUT2D eigenvalue weighted by Gasteiger charge is -2.07. The van der Waals surface area contributed by atoms with Gasteiger partial charge in [0.2, 0.25) is 0 Å². The lowest BCUT2D eigenvalue weighted by molar-refractivity contribution is 0.390. The van der Waals surface area contributed by atoms with E-state index < -0.39 is 10.0 Å². The number of hydrogen-bond acceptors (Lipinski definition) is 4. The molecule has 2 rings (SSSR count). The van der Waals surface area contributed by atoms with Crippen molar-refractivity contribution in [2.75, 3.05) is 4.72 Å². The van der Waals surface area contributed by atoms with E-state index in [0.717, 1.165) is 10.9 Å². The number of alkyl halides is 1. The van der Waals surface area contributed by atoms with Crippen molar-refractivity contribution in [1.29, 1.82) is 0 Å². The van der Waals surface area contributed by atoms with Gasteiger partial charge in [-0.3, -0.25) is 4.72 Å². The summed E-state index contributed by atoms with van der Waals surface area (Å²) in [7, 11) is -3.67. The van der Waals surface area contributed by atoms with Gasteiger partial charge in [0.25, 0.3) is 10.0 Å². The Bertz CT molecular complexity index is 658. The van der Waals surface area contributed by atoms with Crippen LogP contribution >= 0.6 is 15.9 Å². The molecule has 0 aliphatic rings. The first-order chi connectivity index (χ1) is 8.94. The summed E-state index contributed by atoms with van der Waals surface area (Å²) >= 11 is 3.33. The molecule has 0 spiro atoms. The van der Waals surface area contributed by atoms with Crippen LogP contribution in [0.25, 0.3) is 0 Å². The minimum atomic E-state index is -3.67. The van der Waals surface area contributed by atoms with Crippen LogP contribution in [0.15, 0.2) is 33.7 Å². The highest BCUT2D eigenvalue weighted by Crippen LogP contribution is 2.22. The molecule has 0 fully saturated rings. The van der Waals surface area contributed by atoms with Crippen molar-refractivity contribution in [1.82, 2.24) is 5.16 Å². The van der Waals surface area contributed by atoms with Crippen LogP contribution in [0.1, 0.15) is 17.0 Å². The van der Waals surface area contributed by atoms with E-state index in [0.29, 0.717) is 11.4 Å². The topological polar surface area (TPSA) is 72.2 Å². The molecule has 0 saturated heterocycles. The van der Waals surface area contributed by atoms with Crippen LogP contribution in [0.2, 0.25) is 0 Å². The molecule has 0 saturated carbocycles. The molecule has 7 heteroatoms. The fourth-order valence-corrected chi connectivity index (χ4v) is 3.49. The Morgan fingerprint density at radius 3 is 2.37 bits per heavy atom. The molecule has 1 aromatic carbocycles. The minimum absolute atomic E-state index is 0.0945. The van der Waals surface area contributed by atoms with Crippen molar-refractivity contribution < 1.29 is 12.9 Å². The second-order valence-electron chi connectivity index (χ2n) is 4.09. The second kappa shape index (κ2) is 5.34. The van der Waals surface area contributed by atoms with E-state index in [1.807, 2.05) is 12.1 Å². The summed E-state index contributed by atoms with van der Waals surface area (Å²) in [5, 5.41) is 4.38. The summed E-state index contributed by atoms with van der Waals surface area (Å²) in [5.41, 5.74) is 1.92. The zero-order valence-electron chi connectivity index (χ0n) is 10.5. The highest BCUT2D eigenvalue weighted by atomic mass is 79.9. The number of rotatable bonds is 4. The van der Waals surface area contributed by atoms with Gasteiger partial charge >= 0.3 is 0 Å². The fraction of sp³-hybridized carbons (Fsp3) is 0.250. The van der Waals surface area contributed by atoms with Gasteiger partial charge in [-0.2, -0.15) is 0 Å². The number of aromatic nitrogens is 1. The molecule has 0 amide bonds. The number of nitrogens with zero attached hydrogens (tertiary/aromatic N) is 1. The van der Waals surface area contributed by atoms with Crippen LogP contribution in [0.5, 0.6) is 0 Å². The predicted octanol–water partition coefficient (Wildman–Crippen LogP) is 2.99. The van der Waals surface area contributed by atoms with Gasteiger partial charge in [-0.1, -0.05) is 33.2 Å². The average Bonchev–Trinajstić information content (AvgIpc) is 2.70. The largest absolute Gasteiger partial charge is 0.360 e. The lowest BCUT2D eigenvalue weighted by atomic mass is 10.2. The maximum absolute atomic E-state index is 12.2. The van der Waals surface area contributed by atoms with E-state index in [4.69, 9.17) is 4.52 Å². The fourth-order valence-electron chi connectivity index (χ4n) is 1.73. The maximum Gasteiger partial charge on any atom is 0.267 e. The zero-order valence-corrected chi connectivity index (χ0v) is 12.9. The van der Waals surface area contributed by atoms with Gasteiger partial charge in [0.05, 0.1) is 0 Å². The first kappa shape index (κ1) is 14.1. The Labute approximate surface area is 120 Å². The Kier molecular flexibility index (Phi) is 3.96. The van der Waals surface area contributed by atoms with Gasteiger partial charge in [0.15, 0.2) is 10.7 Å². The maximum atomic E-state index is 12.2. The van der Waals surface area contributed by atoms with Crippen LogP contribution in [0.4, 0.5) is 5.69 Å². The van der Waals surface area contributed by atoms with E-state index in [-0.39, 0.29) is 10.7 Å². The lowest BCUT2D eigenvalue weighted by Crippen LogP contribution is -2.14. The Morgan fingerprint density at radius 2 is 1.89 bits per heavy atom. The van der Waals surface area contributed by atoms with Crippen molar-refractivity contribution in [3.63, 3.8) is 0 Å². The third-order valence-electron chi connectivity index (χ3n) is 2.60. The van der Waals surface area contributed by atoms with E-state index in [2.05, 4.69) is 25.8 Å². The standard InChI is InChI=1S/C12H13BrN2O3S/c1-8-12(9(2)18-14-8)19(16,17)15-11-5-3-10(7-13)4-6-11/h3-6,15H,7H2,1-2H3. The number of anilines is 1. The molecule has 19 heavy (non-hydrogen) atoms. The molecule has 0 radical (unpaired) electrons. The van der Waals surface area contributed by atoms with Crippen molar-refractivity contribution >= 4 is 31.6 Å². The molecule has 0 aliphatic carbocycles. The number of hydrogen-bond donors (Lipinski definition) is 1. The van der Waals surface area contributed by atoms with Crippen LogP contribution < -0.4 is 4.72 Å². The van der Waals surface area contributed by atoms with E-state index >= 15 is 0 Å². The van der Waals surface area contributed by atoms with Gasteiger partial charge in [-0.05, 0) is 31.5 Å². The average molecular weight is 345 g/mol. The predicted molar refractivity (Wildman–Crippen MR) is 75.9 cm³/mol. The molecule has 1 aromatic heterocycles. The number of nitrogens with one attached hydrogen (secondary N) is 1. The molecule has 2 aromatic rings. The second-order valence-corrected chi connectivity index (χ2v) is 6.27. The molecule has 1 heterocycles. The Hall–Kier alpha value is -1.34. The van der Waals surface area contributed by atoms with Crippen LogP contribution in [-0.4, -0.2) is 13.6 Å². The number of aryl methyl sites for hydroxylation is 2. The highest BCUT2D eigenvalue weighted by Gasteiger charge is 2.24. The van der Waals surface area contributed by atoms with Crippen molar-refractivity contribution in [3.8, 4) is 0 Å². The Balaban J connectivity index is 2.31. The monoisotopic (exact) mass is 344 g/mol. The summed E-state index contributed by atoms with van der Waals surface area (Å²) in [6.07, 6.45) is 0. The molecular weight excluding hydrogens is 332 g/mol. The van der Waals surface area contributed by atoms with Gasteiger partial charge in [0, 0.05) is 11.0 Å². The number of halogens is 1. The zero-order chi connectivity index (χ0) is 14.0. The Morgan fingerprint density at radius 1 is 1.26 bits per heavy atom. The van der Waals surface area contributed by atoms with E-state index in [1.165, 1.54) is 0 Å². The number of sulfonamides is 1. The van der Waals surface area contributed by atoms with Crippen LogP contribution in [-0.2, 0) is 15.4 Å². The molecular formula is C12H13BrN2O3S. The number of benzene rings is 1. The first-order valence-corrected chi connectivity index (χ1v) is 8.15. The van der Waals surface area contributed by atoms with Crippen LogP contribution in [0.3, 0.4) is 0 Å². The normalized spacial score (nSPS) is 11.5. The van der Waals surface area contributed by atoms with Crippen molar-refractivity contribution in [3.05, 3.63) is 41.3 Å². The van der Waals surface area contributed by atoms with Gasteiger partial charge < -0.3 is 4.52 Å². The third-order valence-corrected chi connectivity index (χ3v) is 4.87. The molecule has 1 N–H and O–H groups in total. The van der Waals surface area contributed by atoms with Gasteiger partial charge in [-0.25, -0.2) is 8.42 Å². The first-order valence-electron chi connectivity index (χ1n) is 5.54. The summed E-state index contributed by atoms with van der Waals surface area (Å²) in [6, 6.07) is 7.12. The quantitative estimate of drug-likeness (QED) is 0.865. The smallest absolute Gasteiger partial charge is 0.267 e. The van der Waals surface area contributed by atoms with Crippen molar-refractivity contribution in [2.45, 2.75) is 24.1 Å². The van der Waals surface area contributed by atoms with Gasteiger partial charge in [-0.15, -0.1) is 0 Å². The summed E-state index contributed by atoms with van der Waals surface area (Å²) < 4.78 is 31.9. The molecule has 0 unspecified atom stereocenters. The highest BCUT2D eigenvalue weighted by molar-refractivity contribution is 9.08. The summed E-state index contributed by atoms with van der Waals surface area (Å²) in [5.74, 6) is 0.280. The molecule has 5 nitrogen and oxygen atoms in total. The molecule has 0 aliphatic heterocycles. The van der Waals surface area contributed by atoms with E-state index in [9.17, 15) is 8.42 Å². The summed E-state index contributed by atoms with van der Waals surface area (Å²) in [4.78, 5) is 0.0945. The third kappa shape index (κ3) is 2.98. The summed E-state index contributed by atoms with van der Waals surface area (Å²) in [6.45, 7) is 3.17. The van der Waals surface area contributed by atoms with Crippen LogP contribution in [0, 0.1) is 13.8 Å². The molecule has 0 atom stereocenters. The molecule has 102 valence electrons. The van der Waals surface area contributed by atoms with Gasteiger partial charge in [0.1, 0.15) is 5.69 Å². The van der Waals surface area contributed by atoms with Crippen molar-refractivity contribution in [2.24, 2.45) is 0 Å². The minimum Gasteiger partial charge on any atom is -0.360 e. The molecule has 0 bridgehead atoms. The SMILES string of the molecule is Cc1noc(C)c1S(=O)(=O)Nc1ccc(CBr)cc1.